The number of hydrogen-bond donors (Lipinski definition) is 4. The van der Waals surface area contributed by atoms with Crippen LogP contribution >= 0.6 is 0 Å². The largest absolute Gasteiger partial charge is 0.481 e. The maximum Gasteiger partial charge on any atom is 0.307 e. The van der Waals surface area contributed by atoms with Crippen molar-refractivity contribution in [2.45, 2.75) is 51.5 Å². The van der Waals surface area contributed by atoms with Gasteiger partial charge in [-0.05, 0) is 69.1 Å². The molecule has 160 valence electrons. The van der Waals surface area contributed by atoms with Crippen molar-refractivity contribution in [1.82, 2.24) is 10.6 Å². The second-order valence-corrected chi connectivity index (χ2v) is 9.60. The molecule has 8 nitrogen and oxygen atoms in total. The van der Waals surface area contributed by atoms with Gasteiger partial charge in [0.05, 0.1) is 23.7 Å². The van der Waals surface area contributed by atoms with E-state index in [2.05, 4.69) is 10.6 Å². The summed E-state index contributed by atoms with van der Waals surface area (Å²) >= 11 is 0. The highest BCUT2D eigenvalue weighted by atomic mass is 16.4. The van der Waals surface area contributed by atoms with Gasteiger partial charge in [0, 0.05) is 12.6 Å². The Kier molecular flexibility index (Phi) is 5.29. The first-order valence-electron chi connectivity index (χ1n) is 10.8. The van der Waals surface area contributed by atoms with E-state index in [0.717, 1.165) is 38.5 Å². The summed E-state index contributed by atoms with van der Waals surface area (Å²) in [5.41, 5.74) is 0. The van der Waals surface area contributed by atoms with Gasteiger partial charge in [-0.1, -0.05) is 0 Å². The maximum atomic E-state index is 12.7. The zero-order valence-electron chi connectivity index (χ0n) is 16.7. The highest BCUT2D eigenvalue weighted by Crippen LogP contribution is 2.53. The molecular formula is C21H30N2O6. The summed E-state index contributed by atoms with van der Waals surface area (Å²) < 4.78 is 0. The predicted octanol–water partition coefficient (Wildman–Crippen LogP) is 1.10. The molecule has 2 amide bonds. The zero-order chi connectivity index (χ0) is 20.9. The molecule has 4 saturated carbocycles. The van der Waals surface area contributed by atoms with Crippen LogP contribution in [0.1, 0.15) is 45.4 Å². The van der Waals surface area contributed by atoms with Gasteiger partial charge in [-0.15, -0.1) is 0 Å². The number of fused-ring (bicyclic) bond motifs is 4. The number of carboxylic acid groups (broad SMARTS) is 2. The number of nitrogens with one attached hydrogen (secondary N) is 2. The monoisotopic (exact) mass is 406 g/mol. The van der Waals surface area contributed by atoms with Gasteiger partial charge in [-0.3, -0.25) is 19.2 Å². The molecule has 0 unspecified atom stereocenters. The maximum absolute atomic E-state index is 12.7. The molecule has 0 aromatic carbocycles. The molecule has 0 aromatic rings. The van der Waals surface area contributed by atoms with Crippen LogP contribution in [0.3, 0.4) is 0 Å². The number of carbonyl (C=O) groups is 4. The van der Waals surface area contributed by atoms with Crippen LogP contribution in [0.15, 0.2) is 0 Å². The van der Waals surface area contributed by atoms with Crippen LogP contribution in [-0.2, 0) is 19.2 Å². The second-order valence-electron chi connectivity index (χ2n) is 9.60. The Hall–Kier alpha value is -2.12. The third kappa shape index (κ3) is 3.51. The summed E-state index contributed by atoms with van der Waals surface area (Å²) in [6, 6.07) is -0.345. The summed E-state index contributed by atoms with van der Waals surface area (Å²) in [6.07, 6.45) is 5.18. The SMILES string of the molecule is C[C@@H](CNC(=O)[C@@H]1[C@H]2CC[C@@H](C2)[C@@H]1C(=O)O)NC(=O)[C@@H]1[C@H]2CC[C@@H](C2)[C@@H]1C(=O)O. The van der Waals surface area contributed by atoms with Crippen molar-refractivity contribution in [1.29, 1.82) is 0 Å². The van der Waals surface area contributed by atoms with Crippen LogP contribution in [0.5, 0.6) is 0 Å². The van der Waals surface area contributed by atoms with Gasteiger partial charge in [0.2, 0.25) is 11.8 Å². The molecule has 4 bridgehead atoms. The molecule has 0 saturated heterocycles. The average Bonchev–Trinajstić information content (AvgIpc) is 3.44. The topological polar surface area (TPSA) is 133 Å². The number of rotatable bonds is 7. The van der Waals surface area contributed by atoms with E-state index in [9.17, 15) is 29.4 Å². The van der Waals surface area contributed by atoms with Crippen molar-refractivity contribution in [2.24, 2.45) is 47.3 Å². The molecule has 0 radical (unpaired) electrons. The fraction of sp³-hybridized carbons (Fsp3) is 0.810. The lowest BCUT2D eigenvalue weighted by molar-refractivity contribution is -0.150. The molecule has 4 fully saturated rings. The zero-order valence-corrected chi connectivity index (χ0v) is 16.7. The summed E-state index contributed by atoms with van der Waals surface area (Å²) in [5, 5.41) is 24.7. The van der Waals surface area contributed by atoms with Gasteiger partial charge in [-0.25, -0.2) is 0 Å². The third-order valence-electron chi connectivity index (χ3n) is 7.98. The van der Waals surface area contributed by atoms with Gasteiger partial charge >= 0.3 is 11.9 Å². The van der Waals surface area contributed by atoms with E-state index in [1.807, 2.05) is 0 Å². The summed E-state index contributed by atoms with van der Waals surface area (Å²) in [7, 11) is 0. The summed E-state index contributed by atoms with van der Waals surface area (Å²) in [5.74, 6) is -4.02. The molecule has 0 heterocycles. The normalized spacial score (nSPS) is 40.6. The van der Waals surface area contributed by atoms with E-state index in [-0.39, 0.29) is 48.1 Å². The number of aliphatic carboxylic acids is 2. The second kappa shape index (κ2) is 7.61. The molecule has 29 heavy (non-hydrogen) atoms. The van der Waals surface area contributed by atoms with Gasteiger partial charge < -0.3 is 20.8 Å². The van der Waals surface area contributed by atoms with E-state index in [1.165, 1.54) is 0 Å². The molecule has 0 spiro atoms. The first kappa shape index (κ1) is 20.2. The molecule has 4 aliphatic rings. The van der Waals surface area contributed by atoms with Gasteiger partial charge in [0.1, 0.15) is 0 Å². The minimum Gasteiger partial charge on any atom is -0.481 e. The highest BCUT2D eigenvalue weighted by molar-refractivity contribution is 5.87. The molecule has 0 aliphatic heterocycles. The van der Waals surface area contributed by atoms with Crippen LogP contribution in [0, 0.1) is 47.3 Å². The Labute approximate surface area is 169 Å². The van der Waals surface area contributed by atoms with Gasteiger partial charge in [-0.2, -0.15) is 0 Å². The Bertz CT molecular complexity index is 724. The number of carboxylic acids is 2. The Morgan fingerprint density at radius 3 is 1.62 bits per heavy atom. The van der Waals surface area contributed by atoms with E-state index < -0.39 is 35.6 Å². The third-order valence-corrected chi connectivity index (χ3v) is 7.98. The molecule has 4 rings (SSSR count). The molecule has 9 atom stereocenters. The fourth-order valence-electron chi connectivity index (χ4n) is 6.81. The van der Waals surface area contributed by atoms with E-state index in [0.29, 0.717) is 0 Å². The van der Waals surface area contributed by atoms with Crippen molar-refractivity contribution in [3.63, 3.8) is 0 Å². The standard InChI is InChI=1S/C21H30N2O6/c1-9(23-19(25)15-11-3-5-13(7-11)17(15)21(28)29)8-22-18(24)14-10-2-4-12(6-10)16(14)20(26)27/h9-17H,2-8H2,1H3,(H,22,24)(H,23,25)(H,26,27)(H,28,29)/t9-,10-,11-,12-,13-,14+,15+,16-,17-/m0/s1. The van der Waals surface area contributed by atoms with Gasteiger partial charge in [0.15, 0.2) is 0 Å². The van der Waals surface area contributed by atoms with Crippen molar-refractivity contribution in [3.8, 4) is 0 Å². The smallest absolute Gasteiger partial charge is 0.307 e. The Morgan fingerprint density at radius 2 is 1.17 bits per heavy atom. The lowest BCUT2D eigenvalue weighted by Gasteiger charge is -2.29. The number of carbonyl (C=O) groups excluding carboxylic acids is 2. The lowest BCUT2D eigenvalue weighted by Crippen LogP contribution is -2.49. The van der Waals surface area contributed by atoms with Crippen LogP contribution in [0.2, 0.25) is 0 Å². The lowest BCUT2D eigenvalue weighted by atomic mass is 9.78. The Balaban J connectivity index is 1.30. The minimum absolute atomic E-state index is 0.0917. The van der Waals surface area contributed by atoms with Crippen molar-refractivity contribution in [2.75, 3.05) is 6.54 Å². The average molecular weight is 406 g/mol. The molecule has 0 aromatic heterocycles. The molecular weight excluding hydrogens is 376 g/mol. The van der Waals surface area contributed by atoms with Crippen molar-refractivity contribution < 1.29 is 29.4 Å². The van der Waals surface area contributed by atoms with Crippen LogP contribution in [-0.4, -0.2) is 46.6 Å². The first-order valence-corrected chi connectivity index (χ1v) is 10.8. The number of hydrogen-bond acceptors (Lipinski definition) is 4. The van der Waals surface area contributed by atoms with Crippen LogP contribution in [0.25, 0.3) is 0 Å². The van der Waals surface area contributed by atoms with E-state index in [1.54, 1.807) is 6.92 Å². The summed E-state index contributed by atoms with van der Waals surface area (Å²) in [6.45, 7) is 1.99. The van der Waals surface area contributed by atoms with Crippen molar-refractivity contribution in [3.05, 3.63) is 0 Å². The Morgan fingerprint density at radius 1 is 0.759 bits per heavy atom. The van der Waals surface area contributed by atoms with Crippen LogP contribution < -0.4 is 10.6 Å². The summed E-state index contributed by atoms with van der Waals surface area (Å²) in [4.78, 5) is 48.6. The predicted molar refractivity (Wildman–Crippen MR) is 102 cm³/mol. The van der Waals surface area contributed by atoms with E-state index in [4.69, 9.17) is 0 Å². The molecule has 8 heteroatoms. The molecule has 4 N–H and O–H groups in total. The van der Waals surface area contributed by atoms with E-state index >= 15 is 0 Å². The molecule has 4 aliphatic carbocycles. The van der Waals surface area contributed by atoms with Crippen LogP contribution in [0.4, 0.5) is 0 Å². The van der Waals surface area contributed by atoms with Crippen molar-refractivity contribution >= 4 is 23.8 Å². The minimum atomic E-state index is -0.894. The number of amides is 2. The fourth-order valence-corrected chi connectivity index (χ4v) is 6.81. The first-order chi connectivity index (χ1) is 13.8. The quantitative estimate of drug-likeness (QED) is 0.500. The van der Waals surface area contributed by atoms with Gasteiger partial charge in [0.25, 0.3) is 0 Å². The highest BCUT2D eigenvalue weighted by Gasteiger charge is 2.55.